The molecule has 1 fully saturated rings. The number of piperazine rings is 1. The summed E-state index contributed by atoms with van der Waals surface area (Å²) < 4.78 is 0. The lowest BCUT2D eigenvalue weighted by molar-refractivity contribution is 0.0663. The first kappa shape index (κ1) is 20.0. The SMILES string of the molecule is CC(C)N(Cc1ccccc1)C(=O)c1cc(C(=O)N2CCN(C)CC2)ccn1. The van der Waals surface area contributed by atoms with E-state index in [4.69, 9.17) is 0 Å². The monoisotopic (exact) mass is 380 g/mol. The van der Waals surface area contributed by atoms with Crippen LogP contribution in [0.4, 0.5) is 0 Å². The summed E-state index contributed by atoms with van der Waals surface area (Å²) in [5, 5.41) is 0. The summed E-state index contributed by atoms with van der Waals surface area (Å²) >= 11 is 0. The molecule has 0 bridgehead atoms. The molecule has 0 saturated carbocycles. The average Bonchev–Trinajstić information content (AvgIpc) is 2.72. The molecular weight excluding hydrogens is 352 g/mol. The smallest absolute Gasteiger partial charge is 0.272 e. The van der Waals surface area contributed by atoms with E-state index in [0.717, 1.165) is 18.7 Å². The summed E-state index contributed by atoms with van der Waals surface area (Å²) in [5.41, 5.74) is 1.89. The molecule has 1 aromatic carbocycles. The maximum absolute atomic E-state index is 13.1. The minimum absolute atomic E-state index is 0.0199. The van der Waals surface area contributed by atoms with Crippen molar-refractivity contribution in [3.8, 4) is 0 Å². The Labute approximate surface area is 166 Å². The molecule has 1 aliphatic heterocycles. The Balaban J connectivity index is 1.77. The molecule has 148 valence electrons. The Morgan fingerprint density at radius 1 is 1.07 bits per heavy atom. The Kier molecular flexibility index (Phi) is 6.41. The molecule has 6 heteroatoms. The van der Waals surface area contributed by atoms with E-state index in [0.29, 0.717) is 30.9 Å². The summed E-state index contributed by atoms with van der Waals surface area (Å²) in [6.45, 7) is 7.61. The second kappa shape index (κ2) is 8.97. The Hall–Kier alpha value is -2.73. The maximum atomic E-state index is 13.1. The van der Waals surface area contributed by atoms with Crippen molar-refractivity contribution in [2.75, 3.05) is 33.2 Å². The molecule has 1 aliphatic rings. The molecule has 0 spiro atoms. The predicted octanol–water partition coefficient (Wildman–Crippen LogP) is 2.52. The zero-order valence-electron chi connectivity index (χ0n) is 16.8. The van der Waals surface area contributed by atoms with Gasteiger partial charge in [0.25, 0.3) is 11.8 Å². The second-order valence-corrected chi connectivity index (χ2v) is 7.54. The number of amides is 2. The molecule has 3 rings (SSSR count). The average molecular weight is 380 g/mol. The van der Waals surface area contributed by atoms with E-state index in [-0.39, 0.29) is 17.9 Å². The van der Waals surface area contributed by atoms with E-state index in [1.54, 1.807) is 23.2 Å². The molecule has 0 N–H and O–H groups in total. The number of rotatable bonds is 5. The fourth-order valence-electron chi connectivity index (χ4n) is 3.29. The van der Waals surface area contributed by atoms with Crippen LogP contribution in [0.1, 0.15) is 40.3 Å². The standard InChI is InChI=1S/C22H28N4O2/c1-17(2)26(16-18-7-5-4-6-8-18)22(28)20-15-19(9-10-23-20)21(27)25-13-11-24(3)12-14-25/h4-10,15,17H,11-14,16H2,1-3H3. The molecule has 6 nitrogen and oxygen atoms in total. The van der Waals surface area contributed by atoms with Crippen molar-refractivity contribution >= 4 is 11.8 Å². The van der Waals surface area contributed by atoms with Crippen LogP contribution < -0.4 is 0 Å². The highest BCUT2D eigenvalue weighted by molar-refractivity contribution is 5.98. The molecule has 1 saturated heterocycles. The van der Waals surface area contributed by atoms with E-state index in [1.807, 2.05) is 49.1 Å². The maximum Gasteiger partial charge on any atom is 0.272 e. The van der Waals surface area contributed by atoms with Crippen LogP contribution in [0.25, 0.3) is 0 Å². The molecular formula is C22H28N4O2. The van der Waals surface area contributed by atoms with Gasteiger partial charge in [0, 0.05) is 50.5 Å². The minimum atomic E-state index is -0.160. The first-order valence-corrected chi connectivity index (χ1v) is 9.74. The van der Waals surface area contributed by atoms with Gasteiger partial charge in [-0.3, -0.25) is 14.6 Å². The highest BCUT2D eigenvalue weighted by Crippen LogP contribution is 2.15. The van der Waals surface area contributed by atoms with E-state index in [1.165, 1.54) is 0 Å². The molecule has 2 amide bonds. The molecule has 0 unspecified atom stereocenters. The third kappa shape index (κ3) is 4.75. The van der Waals surface area contributed by atoms with Crippen LogP contribution in [-0.4, -0.2) is 70.8 Å². The number of aromatic nitrogens is 1. The van der Waals surface area contributed by atoms with Gasteiger partial charge in [0.15, 0.2) is 0 Å². The number of carbonyl (C=O) groups excluding carboxylic acids is 2. The van der Waals surface area contributed by atoms with Gasteiger partial charge in [-0.2, -0.15) is 0 Å². The quantitative estimate of drug-likeness (QED) is 0.800. The van der Waals surface area contributed by atoms with E-state index in [9.17, 15) is 9.59 Å². The van der Waals surface area contributed by atoms with Crippen molar-refractivity contribution in [2.45, 2.75) is 26.4 Å². The zero-order valence-corrected chi connectivity index (χ0v) is 16.8. The number of nitrogens with zero attached hydrogens (tertiary/aromatic N) is 4. The number of benzene rings is 1. The lowest BCUT2D eigenvalue weighted by Crippen LogP contribution is -2.47. The summed E-state index contributed by atoms with van der Waals surface area (Å²) in [7, 11) is 2.05. The summed E-state index contributed by atoms with van der Waals surface area (Å²) in [6, 6.07) is 13.2. The molecule has 2 aromatic rings. The van der Waals surface area contributed by atoms with Gasteiger partial charge in [-0.25, -0.2) is 0 Å². The molecule has 0 aliphatic carbocycles. The first-order chi connectivity index (χ1) is 13.5. The number of hydrogen-bond acceptors (Lipinski definition) is 4. The van der Waals surface area contributed by atoms with Crippen LogP contribution in [0.15, 0.2) is 48.7 Å². The molecule has 28 heavy (non-hydrogen) atoms. The third-order valence-corrected chi connectivity index (χ3v) is 5.10. The molecule has 0 atom stereocenters. The Morgan fingerprint density at radius 2 is 1.75 bits per heavy atom. The number of pyridine rings is 1. The normalized spacial score (nSPS) is 14.9. The van der Waals surface area contributed by atoms with Gasteiger partial charge in [-0.05, 0) is 38.6 Å². The van der Waals surface area contributed by atoms with Crippen LogP contribution in [-0.2, 0) is 6.54 Å². The lowest BCUT2D eigenvalue weighted by Gasteiger charge is -2.32. The van der Waals surface area contributed by atoms with Gasteiger partial charge in [0.1, 0.15) is 5.69 Å². The number of likely N-dealkylation sites (N-methyl/N-ethyl adjacent to an activating group) is 1. The van der Waals surface area contributed by atoms with Crippen LogP contribution in [0.3, 0.4) is 0 Å². The predicted molar refractivity (Wildman–Crippen MR) is 109 cm³/mol. The number of carbonyl (C=O) groups is 2. The fraction of sp³-hybridized carbons (Fsp3) is 0.409. The van der Waals surface area contributed by atoms with Crippen LogP contribution in [0.5, 0.6) is 0 Å². The third-order valence-electron chi connectivity index (χ3n) is 5.10. The summed E-state index contributed by atoms with van der Waals surface area (Å²) in [4.78, 5) is 36.0. The van der Waals surface area contributed by atoms with Gasteiger partial charge in [0.2, 0.25) is 0 Å². The van der Waals surface area contributed by atoms with Gasteiger partial charge >= 0.3 is 0 Å². The van der Waals surface area contributed by atoms with E-state index >= 15 is 0 Å². The second-order valence-electron chi connectivity index (χ2n) is 7.54. The largest absolute Gasteiger partial charge is 0.336 e. The summed E-state index contributed by atoms with van der Waals surface area (Å²) in [6.07, 6.45) is 1.55. The lowest BCUT2D eigenvalue weighted by atomic mass is 10.1. The van der Waals surface area contributed by atoms with Crippen molar-refractivity contribution < 1.29 is 9.59 Å². The van der Waals surface area contributed by atoms with Crippen molar-refractivity contribution in [2.24, 2.45) is 0 Å². The van der Waals surface area contributed by atoms with E-state index in [2.05, 4.69) is 16.9 Å². The summed E-state index contributed by atoms with van der Waals surface area (Å²) in [5.74, 6) is -0.199. The van der Waals surface area contributed by atoms with Crippen LogP contribution >= 0.6 is 0 Å². The van der Waals surface area contributed by atoms with E-state index < -0.39 is 0 Å². The fourth-order valence-corrected chi connectivity index (χ4v) is 3.29. The van der Waals surface area contributed by atoms with Crippen molar-refractivity contribution in [3.63, 3.8) is 0 Å². The van der Waals surface area contributed by atoms with Gasteiger partial charge in [0.05, 0.1) is 0 Å². The topological polar surface area (TPSA) is 56.8 Å². The van der Waals surface area contributed by atoms with Crippen molar-refractivity contribution in [1.82, 2.24) is 19.7 Å². The Bertz CT molecular complexity index is 814. The Morgan fingerprint density at radius 3 is 2.39 bits per heavy atom. The van der Waals surface area contributed by atoms with Gasteiger partial charge in [-0.1, -0.05) is 30.3 Å². The minimum Gasteiger partial charge on any atom is -0.336 e. The van der Waals surface area contributed by atoms with Crippen LogP contribution in [0.2, 0.25) is 0 Å². The molecule has 2 heterocycles. The highest BCUT2D eigenvalue weighted by atomic mass is 16.2. The van der Waals surface area contributed by atoms with Gasteiger partial charge < -0.3 is 14.7 Å². The van der Waals surface area contributed by atoms with Gasteiger partial charge in [-0.15, -0.1) is 0 Å². The zero-order chi connectivity index (χ0) is 20.1. The number of hydrogen-bond donors (Lipinski definition) is 0. The highest BCUT2D eigenvalue weighted by Gasteiger charge is 2.24. The molecule has 1 aromatic heterocycles. The van der Waals surface area contributed by atoms with Crippen molar-refractivity contribution in [3.05, 3.63) is 65.5 Å². The first-order valence-electron chi connectivity index (χ1n) is 9.74. The molecule has 0 radical (unpaired) electrons. The van der Waals surface area contributed by atoms with Crippen LogP contribution in [0, 0.1) is 0 Å². The van der Waals surface area contributed by atoms with Crippen molar-refractivity contribution in [1.29, 1.82) is 0 Å².